The van der Waals surface area contributed by atoms with Gasteiger partial charge in [-0.2, -0.15) is 0 Å². The predicted molar refractivity (Wildman–Crippen MR) is 72.5 cm³/mol. The molecule has 2 rings (SSSR count). The van der Waals surface area contributed by atoms with Gasteiger partial charge in [-0.05, 0) is 24.1 Å². The molecule has 2 N–H and O–H groups in total. The van der Waals surface area contributed by atoms with Gasteiger partial charge in [0.15, 0.2) is 0 Å². The zero-order valence-corrected chi connectivity index (χ0v) is 10.9. The summed E-state index contributed by atoms with van der Waals surface area (Å²) in [6.07, 6.45) is 1.90. The van der Waals surface area contributed by atoms with E-state index >= 15 is 0 Å². The van der Waals surface area contributed by atoms with Crippen molar-refractivity contribution in [2.75, 3.05) is 24.7 Å². The van der Waals surface area contributed by atoms with Gasteiger partial charge in [-0.25, -0.2) is 0 Å². The number of anilines is 2. The van der Waals surface area contributed by atoms with Crippen molar-refractivity contribution in [3.05, 3.63) is 34.8 Å². The van der Waals surface area contributed by atoms with E-state index in [0.717, 1.165) is 28.7 Å². The van der Waals surface area contributed by atoms with Crippen LogP contribution < -0.4 is 10.6 Å². The van der Waals surface area contributed by atoms with Crippen LogP contribution in [0.2, 0.25) is 0 Å². The first kappa shape index (κ1) is 11.9. The molecule has 0 bridgehead atoms. The highest BCUT2D eigenvalue weighted by Crippen LogP contribution is 2.19. The molecule has 0 spiro atoms. The lowest BCUT2D eigenvalue weighted by Crippen LogP contribution is -2.07. The zero-order chi connectivity index (χ0) is 12.3. The van der Waals surface area contributed by atoms with Gasteiger partial charge in [0.1, 0.15) is 5.01 Å². The van der Waals surface area contributed by atoms with Gasteiger partial charge >= 0.3 is 0 Å². The van der Waals surface area contributed by atoms with E-state index in [4.69, 9.17) is 5.73 Å². The van der Waals surface area contributed by atoms with Crippen LogP contribution in [0.1, 0.15) is 10.6 Å². The normalized spacial score (nSPS) is 10.5. The number of benzene rings is 1. The topological polar surface area (TPSA) is 55.0 Å². The molecule has 0 saturated heterocycles. The number of aryl methyl sites for hydroxylation is 2. The molecular weight excluding hydrogens is 232 g/mol. The van der Waals surface area contributed by atoms with E-state index < -0.39 is 0 Å². The summed E-state index contributed by atoms with van der Waals surface area (Å²) >= 11 is 1.64. The second-order valence-corrected chi connectivity index (χ2v) is 5.15. The summed E-state index contributed by atoms with van der Waals surface area (Å²) in [7, 11) is 3.95. The number of hydrogen-bond donors (Lipinski definition) is 1. The van der Waals surface area contributed by atoms with Crippen LogP contribution in [0.4, 0.5) is 10.8 Å². The fraction of sp³-hybridized carbons (Fsp3) is 0.333. The second-order valence-electron chi connectivity index (χ2n) is 4.11. The summed E-state index contributed by atoms with van der Waals surface area (Å²) in [4.78, 5) is 1.98. The summed E-state index contributed by atoms with van der Waals surface area (Å²) in [5, 5.41) is 10.3. The Hall–Kier alpha value is -1.62. The lowest BCUT2D eigenvalue weighted by molar-refractivity contribution is 0.898. The summed E-state index contributed by atoms with van der Waals surface area (Å²) in [6, 6.07) is 7.98. The van der Waals surface area contributed by atoms with Crippen molar-refractivity contribution >= 4 is 22.2 Å². The first-order valence-corrected chi connectivity index (χ1v) is 6.31. The molecule has 0 atom stereocenters. The van der Waals surface area contributed by atoms with Gasteiger partial charge in [-0.15, -0.1) is 10.2 Å². The van der Waals surface area contributed by atoms with Crippen LogP contribution in [0.25, 0.3) is 0 Å². The maximum atomic E-state index is 5.64. The molecule has 5 heteroatoms. The maximum absolute atomic E-state index is 5.64. The molecule has 2 aromatic rings. The van der Waals surface area contributed by atoms with E-state index in [9.17, 15) is 0 Å². The van der Waals surface area contributed by atoms with E-state index in [1.165, 1.54) is 5.56 Å². The van der Waals surface area contributed by atoms with E-state index in [2.05, 4.69) is 22.3 Å². The standard InChI is InChI=1S/C12H16N4S/c1-16(2)12-15-14-11(17-12)8-5-9-3-6-10(13)7-4-9/h3-4,6-7H,5,8,13H2,1-2H3. The SMILES string of the molecule is CN(C)c1nnc(CCc2ccc(N)cc2)s1. The molecule has 4 nitrogen and oxygen atoms in total. The first-order chi connectivity index (χ1) is 8.15. The Balaban J connectivity index is 1.95. The molecule has 0 unspecified atom stereocenters. The fourth-order valence-electron chi connectivity index (χ4n) is 1.46. The van der Waals surface area contributed by atoms with Crippen molar-refractivity contribution in [1.82, 2.24) is 10.2 Å². The van der Waals surface area contributed by atoms with Crippen molar-refractivity contribution in [1.29, 1.82) is 0 Å². The Morgan fingerprint density at radius 3 is 2.41 bits per heavy atom. The highest BCUT2D eigenvalue weighted by Gasteiger charge is 2.05. The van der Waals surface area contributed by atoms with Crippen molar-refractivity contribution < 1.29 is 0 Å². The van der Waals surface area contributed by atoms with Crippen molar-refractivity contribution in [3.8, 4) is 0 Å². The molecule has 0 saturated carbocycles. The number of nitrogens with zero attached hydrogens (tertiary/aromatic N) is 3. The predicted octanol–water partition coefficient (Wildman–Crippen LogP) is 1.97. The molecule has 90 valence electrons. The summed E-state index contributed by atoms with van der Waals surface area (Å²) < 4.78 is 0. The van der Waals surface area contributed by atoms with Crippen LogP contribution in [0.3, 0.4) is 0 Å². The molecule has 0 amide bonds. The van der Waals surface area contributed by atoms with E-state index in [-0.39, 0.29) is 0 Å². The molecule has 17 heavy (non-hydrogen) atoms. The molecule has 0 fully saturated rings. The molecule has 1 aromatic carbocycles. The quantitative estimate of drug-likeness (QED) is 0.841. The lowest BCUT2D eigenvalue weighted by Gasteiger charge is -2.03. The van der Waals surface area contributed by atoms with Gasteiger partial charge in [-0.1, -0.05) is 23.5 Å². The van der Waals surface area contributed by atoms with E-state index in [0.29, 0.717) is 0 Å². The second kappa shape index (κ2) is 5.14. The minimum Gasteiger partial charge on any atom is -0.399 e. The monoisotopic (exact) mass is 248 g/mol. The minimum atomic E-state index is 0.805. The summed E-state index contributed by atoms with van der Waals surface area (Å²) in [5.41, 5.74) is 7.73. The Morgan fingerprint density at radius 1 is 1.12 bits per heavy atom. The van der Waals surface area contributed by atoms with E-state index in [1.807, 2.05) is 31.1 Å². The third kappa shape index (κ3) is 3.17. The molecule has 0 radical (unpaired) electrons. The molecule has 0 aliphatic carbocycles. The average Bonchev–Trinajstić information content (AvgIpc) is 2.77. The molecule has 1 aromatic heterocycles. The first-order valence-electron chi connectivity index (χ1n) is 5.49. The highest BCUT2D eigenvalue weighted by molar-refractivity contribution is 7.15. The summed E-state index contributed by atoms with van der Waals surface area (Å²) in [5.74, 6) is 0. The lowest BCUT2D eigenvalue weighted by atomic mass is 10.1. The van der Waals surface area contributed by atoms with Crippen molar-refractivity contribution in [2.45, 2.75) is 12.8 Å². The molecule has 1 heterocycles. The largest absolute Gasteiger partial charge is 0.399 e. The van der Waals surface area contributed by atoms with Gasteiger partial charge in [0, 0.05) is 26.2 Å². The Labute approximate surface area is 105 Å². The third-order valence-electron chi connectivity index (χ3n) is 2.45. The Bertz CT molecular complexity index is 476. The number of aromatic nitrogens is 2. The average molecular weight is 248 g/mol. The number of hydrogen-bond acceptors (Lipinski definition) is 5. The Kier molecular flexibility index (Phi) is 3.58. The van der Waals surface area contributed by atoms with Gasteiger partial charge in [-0.3, -0.25) is 0 Å². The van der Waals surface area contributed by atoms with Crippen LogP contribution in [0, 0.1) is 0 Å². The molecule has 0 aliphatic rings. The number of nitrogens with two attached hydrogens (primary N) is 1. The van der Waals surface area contributed by atoms with Crippen LogP contribution in [0.15, 0.2) is 24.3 Å². The third-order valence-corrected chi connectivity index (χ3v) is 3.60. The molecular formula is C12H16N4S. The smallest absolute Gasteiger partial charge is 0.207 e. The van der Waals surface area contributed by atoms with Crippen LogP contribution >= 0.6 is 11.3 Å². The maximum Gasteiger partial charge on any atom is 0.207 e. The van der Waals surface area contributed by atoms with Gasteiger partial charge in [0.2, 0.25) is 5.13 Å². The van der Waals surface area contributed by atoms with Crippen molar-refractivity contribution in [2.24, 2.45) is 0 Å². The van der Waals surface area contributed by atoms with Gasteiger partial charge < -0.3 is 10.6 Å². The zero-order valence-electron chi connectivity index (χ0n) is 10.1. The van der Waals surface area contributed by atoms with E-state index in [1.54, 1.807) is 11.3 Å². The van der Waals surface area contributed by atoms with Crippen LogP contribution in [-0.4, -0.2) is 24.3 Å². The number of rotatable bonds is 4. The van der Waals surface area contributed by atoms with Crippen LogP contribution in [0.5, 0.6) is 0 Å². The fourth-order valence-corrected chi connectivity index (χ4v) is 2.22. The van der Waals surface area contributed by atoms with Gasteiger partial charge in [0.05, 0.1) is 0 Å². The number of nitrogen functional groups attached to an aromatic ring is 1. The van der Waals surface area contributed by atoms with Gasteiger partial charge in [0.25, 0.3) is 0 Å². The minimum absolute atomic E-state index is 0.805. The summed E-state index contributed by atoms with van der Waals surface area (Å²) in [6.45, 7) is 0. The highest BCUT2D eigenvalue weighted by atomic mass is 32.1. The van der Waals surface area contributed by atoms with Crippen LogP contribution in [-0.2, 0) is 12.8 Å². The van der Waals surface area contributed by atoms with Crippen molar-refractivity contribution in [3.63, 3.8) is 0 Å². The Morgan fingerprint density at radius 2 is 1.82 bits per heavy atom. The molecule has 0 aliphatic heterocycles.